The number of rotatable bonds is 4. The molecule has 0 spiro atoms. The first kappa shape index (κ1) is 22.7. The average molecular weight is 402 g/mol. The topological polar surface area (TPSA) is 70.2 Å². The van der Waals surface area contributed by atoms with E-state index in [0.717, 1.165) is 19.4 Å². The number of carbonyl (C=O) groups is 2. The van der Waals surface area contributed by atoms with Crippen molar-refractivity contribution in [1.29, 1.82) is 0 Å². The molecule has 2 amide bonds. The third-order valence-corrected chi connectivity index (χ3v) is 4.59. The lowest BCUT2D eigenvalue weighted by atomic mass is 9.92. The number of anilines is 1. The molecule has 2 unspecified atom stereocenters. The molecule has 26 heavy (non-hydrogen) atoms. The van der Waals surface area contributed by atoms with Crippen LogP contribution in [0.1, 0.15) is 57.3 Å². The van der Waals surface area contributed by atoms with Gasteiger partial charge in [-0.25, -0.2) is 0 Å². The molecule has 1 heterocycles. The van der Waals surface area contributed by atoms with Crippen molar-refractivity contribution < 1.29 is 9.59 Å². The number of piperidine rings is 1. The molecule has 0 aliphatic carbocycles. The van der Waals surface area contributed by atoms with Crippen LogP contribution in [0.2, 0.25) is 5.02 Å². The summed E-state index contributed by atoms with van der Waals surface area (Å²) < 4.78 is 0. The van der Waals surface area contributed by atoms with Crippen LogP contribution >= 0.6 is 24.0 Å². The maximum absolute atomic E-state index is 12.6. The zero-order valence-electron chi connectivity index (χ0n) is 15.8. The molecule has 0 radical (unpaired) electrons. The van der Waals surface area contributed by atoms with Gasteiger partial charge in [-0.05, 0) is 49.9 Å². The number of benzene rings is 1. The Bertz CT molecular complexity index is 644. The van der Waals surface area contributed by atoms with Crippen molar-refractivity contribution in [2.75, 3.05) is 11.9 Å². The molecule has 0 aromatic heterocycles. The lowest BCUT2D eigenvalue weighted by Crippen LogP contribution is -2.51. The van der Waals surface area contributed by atoms with Crippen LogP contribution in [-0.2, 0) is 4.79 Å². The summed E-state index contributed by atoms with van der Waals surface area (Å²) in [5.74, 6) is -0.288. The fraction of sp³-hybridized carbons (Fsp3) is 0.579. The predicted octanol–water partition coefficient (Wildman–Crippen LogP) is 4.01. The summed E-state index contributed by atoms with van der Waals surface area (Å²) in [6, 6.07) is 5.30. The predicted molar refractivity (Wildman–Crippen MR) is 109 cm³/mol. The molecule has 3 N–H and O–H groups in total. The second-order valence-electron chi connectivity index (χ2n) is 7.95. The summed E-state index contributed by atoms with van der Waals surface area (Å²) in [7, 11) is 0. The van der Waals surface area contributed by atoms with E-state index in [1.54, 1.807) is 18.2 Å². The van der Waals surface area contributed by atoms with E-state index in [2.05, 4.69) is 22.9 Å². The van der Waals surface area contributed by atoms with Gasteiger partial charge in [0, 0.05) is 24.2 Å². The van der Waals surface area contributed by atoms with Crippen LogP contribution in [0.5, 0.6) is 0 Å². The van der Waals surface area contributed by atoms with Gasteiger partial charge >= 0.3 is 0 Å². The number of nitrogens with one attached hydrogen (secondary N) is 3. The Balaban J connectivity index is 0.00000338. The highest BCUT2D eigenvalue weighted by Gasteiger charge is 2.24. The third kappa shape index (κ3) is 6.78. The van der Waals surface area contributed by atoms with Gasteiger partial charge in [0.05, 0.1) is 10.6 Å². The fourth-order valence-electron chi connectivity index (χ4n) is 2.95. The minimum absolute atomic E-state index is 0. The lowest BCUT2D eigenvalue weighted by molar-refractivity contribution is -0.117. The van der Waals surface area contributed by atoms with Gasteiger partial charge in [0.25, 0.3) is 5.91 Å². The first-order valence-electron chi connectivity index (χ1n) is 8.79. The van der Waals surface area contributed by atoms with Gasteiger partial charge in [0.2, 0.25) is 5.91 Å². The summed E-state index contributed by atoms with van der Waals surface area (Å²) in [4.78, 5) is 24.7. The van der Waals surface area contributed by atoms with Crippen LogP contribution < -0.4 is 16.0 Å². The Morgan fingerprint density at radius 3 is 2.62 bits per heavy atom. The molecule has 7 heteroatoms. The van der Waals surface area contributed by atoms with E-state index in [9.17, 15) is 9.59 Å². The molecular formula is C19H29Cl2N3O2. The maximum atomic E-state index is 12.6. The Labute approximate surface area is 167 Å². The van der Waals surface area contributed by atoms with Crippen LogP contribution in [0.15, 0.2) is 18.2 Å². The van der Waals surface area contributed by atoms with Gasteiger partial charge in [0.15, 0.2) is 0 Å². The molecule has 0 bridgehead atoms. The minimum Gasteiger partial charge on any atom is -0.348 e. The molecule has 1 aromatic carbocycles. The number of halogens is 2. The lowest BCUT2D eigenvalue weighted by Gasteiger charge is -2.30. The van der Waals surface area contributed by atoms with Crippen molar-refractivity contribution in [1.82, 2.24) is 10.6 Å². The molecular weight excluding hydrogens is 373 g/mol. The first-order valence-corrected chi connectivity index (χ1v) is 9.17. The molecule has 1 aliphatic rings. The van der Waals surface area contributed by atoms with Gasteiger partial charge in [0.1, 0.15) is 0 Å². The molecule has 1 fully saturated rings. The van der Waals surface area contributed by atoms with Crippen LogP contribution in [-0.4, -0.2) is 30.4 Å². The van der Waals surface area contributed by atoms with E-state index in [0.29, 0.717) is 22.7 Å². The highest BCUT2D eigenvalue weighted by molar-refractivity contribution is 6.34. The Morgan fingerprint density at radius 2 is 2.00 bits per heavy atom. The van der Waals surface area contributed by atoms with Crippen LogP contribution in [0.25, 0.3) is 0 Å². The molecule has 1 aliphatic heterocycles. The quantitative estimate of drug-likeness (QED) is 0.713. The van der Waals surface area contributed by atoms with E-state index >= 15 is 0 Å². The van der Waals surface area contributed by atoms with Gasteiger partial charge in [-0.3, -0.25) is 9.59 Å². The zero-order valence-corrected chi connectivity index (χ0v) is 17.4. The third-order valence-electron chi connectivity index (χ3n) is 4.26. The van der Waals surface area contributed by atoms with E-state index in [-0.39, 0.29) is 41.7 Å². The SMILES string of the molecule is CC1NCCCC1NC(=O)c1cc(NC(=O)CC(C)(C)C)ccc1Cl.Cl. The highest BCUT2D eigenvalue weighted by Crippen LogP contribution is 2.23. The summed E-state index contributed by atoms with van der Waals surface area (Å²) in [6.45, 7) is 9.06. The first-order chi connectivity index (χ1) is 11.7. The van der Waals surface area contributed by atoms with Gasteiger partial charge in [-0.15, -0.1) is 12.4 Å². The van der Waals surface area contributed by atoms with Crippen molar-refractivity contribution in [3.63, 3.8) is 0 Å². The number of carbonyl (C=O) groups excluding carboxylic acids is 2. The summed E-state index contributed by atoms with van der Waals surface area (Å²) in [6.07, 6.45) is 2.38. The molecule has 1 aromatic rings. The normalized spacial score (nSPS) is 20.0. The number of hydrogen-bond acceptors (Lipinski definition) is 3. The van der Waals surface area contributed by atoms with Gasteiger partial charge < -0.3 is 16.0 Å². The Morgan fingerprint density at radius 1 is 1.31 bits per heavy atom. The summed E-state index contributed by atoms with van der Waals surface area (Å²) in [5, 5.41) is 9.62. The molecule has 146 valence electrons. The number of hydrogen-bond donors (Lipinski definition) is 3. The second kappa shape index (κ2) is 9.58. The second-order valence-corrected chi connectivity index (χ2v) is 8.35. The minimum atomic E-state index is -0.211. The maximum Gasteiger partial charge on any atom is 0.253 e. The van der Waals surface area contributed by atoms with Crippen LogP contribution in [0, 0.1) is 5.41 Å². The summed E-state index contributed by atoms with van der Waals surface area (Å²) in [5.41, 5.74) is 0.868. The van der Waals surface area contributed by atoms with Crippen molar-refractivity contribution in [3.8, 4) is 0 Å². The van der Waals surface area contributed by atoms with Crippen molar-refractivity contribution in [2.45, 2.75) is 59.0 Å². The number of amides is 2. The van der Waals surface area contributed by atoms with E-state index in [1.165, 1.54) is 0 Å². The molecule has 2 rings (SSSR count). The Kier molecular flexibility index (Phi) is 8.38. The fourth-order valence-corrected chi connectivity index (χ4v) is 3.15. The highest BCUT2D eigenvalue weighted by atomic mass is 35.5. The Hall–Kier alpha value is -1.30. The van der Waals surface area contributed by atoms with Crippen LogP contribution in [0.3, 0.4) is 0 Å². The monoisotopic (exact) mass is 401 g/mol. The van der Waals surface area contributed by atoms with E-state index < -0.39 is 0 Å². The van der Waals surface area contributed by atoms with Crippen LogP contribution in [0.4, 0.5) is 5.69 Å². The van der Waals surface area contributed by atoms with Gasteiger partial charge in [-0.2, -0.15) is 0 Å². The molecule has 0 saturated carbocycles. The van der Waals surface area contributed by atoms with Crippen molar-refractivity contribution in [2.24, 2.45) is 5.41 Å². The molecule has 1 saturated heterocycles. The summed E-state index contributed by atoms with van der Waals surface area (Å²) >= 11 is 6.20. The van der Waals surface area contributed by atoms with Gasteiger partial charge in [-0.1, -0.05) is 32.4 Å². The smallest absolute Gasteiger partial charge is 0.253 e. The van der Waals surface area contributed by atoms with Crippen molar-refractivity contribution >= 4 is 41.5 Å². The molecule has 5 nitrogen and oxygen atoms in total. The van der Waals surface area contributed by atoms with E-state index in [1.807, 2.05) is 20.8 Å². The molecule has 2 atom stereocenters. The van der Waals surface area contributed by atoms with Crippen molar-refractivity contribution in [3.05, 3.63) is 28.8 Å². The largest absolute Gasteiger partial charge is 0.348 e. The zero-order chi connectivity index (χ0) is 18.6. The standard InChI is InChI=1S/C19H28ClN3O2.ClH/c1-12-16(6-5-9-21-12)23-18(25)14-10-13(7-8-15(14)20)22-17(24)11-19(2,3)4;/h7-8,10,12,16,21H,5-6,9,11H2,1-4H3,(H,22,24)(H,23,25);1H. The average Bonchev–Trinajstić information content (AvgIpc) is 2.49. The van der Waals surface area contributed by atoms with E-state index in [4.69, 9.17) is 11.6 Å².